The Bertz CT molecular complexity index is 319. The Hall–Kier alpha value is -0.160. The maximum Gasteiger partial charge on any atom is 0.110 e. The lowest BCUT2D eigenvalue weighted by Gasteiger charge is -2.28. The predicted molar refractivity (Wildman–Crippen MR) is 69.2 cm³/mol. The number of hydrogen-bond acceptors (Lipinski definition) is 4. The van der Waals surface area contributed by atoms with Crippen molar-refractivity contribution in [2.24, 2.45) is 0 Å². The van der Waals surface area contributed by atoms with Gasteiger partial charge in [-0.15, -0.1) is 22.9 Å². The number of thiazole rings is 1. The van der Waals surface area contributed by atoms with E-state index < -0.39 is 0 Å². The van der Waals surface area contributed by atoms with Gasteiger partial charge in [0.1, 0.15) is 5.01 Å². The van der Waals surface area contributed by atoms with Gasteiger partial charge in [-0.1, -0.05) is 0 Å². The van der Waals surface area contributed by atoms with E-state index in [4.69, 9.17) is 16.3 Å². The molecule has 0 radical (unpaired) electrons. The number of likely N-dealkylation sites (N-methyl/N-ethyl adjacent to an activating group) is 1. The number of nitrogens with zero attached hydrogens (tertiary/aromatic N) is 2. The zero-order valence-electron chi connectivity index (χ0n) is 10.2. The van der Waals surface area contributed by atoms with Crippen LogP contribution in [0.3, 0.4) is 0 Å². The van der Waals surface area contributed by atoms with Crippen LogP contribution in [0.5, 0.6) is 0 Å². The van der Waals surface area contributed by atoms with E-state index in [9.17, 15) is 0 Å². The Morgan fingerprint density at radius 3 is 2.75 bits per heavy atom. The molecule has 1 aromatic heterocycles. The first kappa shape index (κ1) is 13.9. The SMILES string of the molecule is COCC(C)N(C)C(C)c1nc(CCl)cs1. The van der Waals surface area contributed by atoms with E-state index in [0.717, 1.165) is 17.3 Å². The molecular formula is C11H19ClN2OS. The molecule has 0 N–H and O–H groups in total. The van der Waals surface area contributed by atoms with Gasteiger partial charge in [-0.2, -0.15) is 0 Å². The van der Waals surface area contributed by atoms with Crippen molar-refractivity contribution >= 4 is 22.9 Å². The second kappa shape index (κ2) is 6.55. The topological polar surface area (TPSA) is 25.4 Å². The summed E-state index contributed by atoms with van der Waals surface area (Å²) in [6.07, 6.45) is 0. The van der Waals surface area contributed by atoms with Crippen molar-refractivity contribution in [1.29, 1.82) is 0 Å². The highest BCUT2D eigenvalue weighted by atomic mass is 35.5. The molecule has 92 valence electrons. The Balaban J connectivity index is 2.65. The fraction of sp³-hybridized carbons (Fsp3) is 0.727. The summed E-state index contributed by atoms with van der Waals surface area (Å²) in [5.74, 6) is 0.487. The van der Waals surface area contributed by atoms with Crippen LogP contribution < -0.4 is 0 Å². The lowest BCUT2D eigenvalue weighted by molar-refractivity contribution is 0.0938. The second-order valence-corrected chi connectivity index (χ2v) is 5.11. The number of ether oxygens (including phenoxy) is 1. The molecule has 2 atom stereocenters. The number of methoxy groups -OCH3 is 1. The maximum absolute atomic E-state index is 5.75. The summed E-state index contributed by atoms with van der Waals surface area (Å²) < 4.78 is 5.16. The Morgan fingerprint density at radius 1 is 1.56 bits per heavy atom. The molecule has 0 fully saturated rings. The average Bonchev–Trinajstić information content (AvgIpc) is 2.75. The summed E-state index contributed by atoms with van der Waals surface area (Å²) in [5.41, 5.74) is 0.960. The fourth-order valence-electron chi connectivity index (χ4n) is 1.49. The third-order valence-corrected chi connectivity index (χ3v) is 4.12. The van der Waals surface area contributed by atoms with Crippen LogP contribution in [0.1, 0.15) is 30.6 Å². The zero-order chi connectivity index (χ0) is 12.1. The van der Waals surface area contributed by atoms with E-state index in [1.165, 1.54) is 0 Å². The summed E-state index contributed by atoms with van der Waals surface area (Å²) in [4.78, 5) is 6.76. The molecule has 1 rings (SSSR count). The molecule has 1 heterocycles. The normalized spacial score (nSPS) is 15.4. The summed E-state index contributed by atoms with van der Waals surface area (Å²) in [7, 11) is 3.82. The molecule has 0 saturated heterocycles. The van der Waals surface area contributed by atoms with E-state index in [1.807, 2.05) is 5.38 Å². The molecule has 0 spiro atoms. The quantitative estimate of drug-likeness (QED) is 0.737. The zero-order valence-corrected chi connectivity index (χ0v) is 11.8. The molecule has 2 unspecified atom stereocenters. The number of alkyl halides is 1. The lowest BCUT2D eigenvalue weighted by Crippen LogP contribution is -2.34. The highest BCUT2D eigenvalue weighted by Gasteiger charge is 2.19. The number of hydrogen-bond donors (Lipinski definition) is 0. The Labute approximate surface area is 106 Å². The van der Waals surface area contributed by atoms with Crippen molar-refractivity contribution in [1.82, 2.24) is 9.88 Å². The highest BCUT2D eigenvalue weighted by molar-refractivity contribution is 7.09. The van der Waals surface area contributed by atoms with Gasteiger partial charge in [-0.05, 0) is 20.9 Å². The molecule has 16 heavy (non-hydrogen) atoms. The van der Waals surface area contributed by atoms with E-state index in [2.05, 4.69) is 30.8 Å². The van der Waals surface area contributed by atoms with Gasteiger partial charge in [0, 0.05) is 18.5 Å². The van der Waals surface area contributed by atoms with Gasteiger partial charge >= 0.3 is 0 Å². The molecule has 5 heteroatoms. The summed E-state index contributed by atoms with van der Waals surface area (Å²) in [6.45, 7) is 5.04. The molecule has 0 bridgehead atoms. The molecule has 0 aromatic carbocycles. The van der Waals surface area contributed by atoms with Crippen molar-refractivity contribution in [3.05, 3.63) is 16.1 Å². The minimum atomic E-state index is 0.298. The lowest BCUT2D eigenvalue weighted by atomic mass is 10.2. The number of aromatic nitrogens is 1. The smallest absolute Gasteiger partial charge is 0.110 e. The van der Waals surface area contributed by atoms with E-state index >= 15 is 0 Å². The first-order valence-electron chi connectivity index (χ1n) is 5.31. The van der Waals surface area contributed by atoms with Gasteiger partial charge in [0.2, 0.25) is 0 Å². The minimum absolute atomic E-state index is 0.298. The van der Waals surface area contributed by atoms with Gasteiger partial charge in [0.25, 0.3) is 0 Å². The third-order valence-electron chi connectivity index (χ3n) is 2.78. The van der Waals surface area contributed by atoms with Gasteiger partial charge in [-0.3, -0.25) is 4.90 Å². The molecule has 0 aliphatic rings. The van der Waals surface area contributed by atoms with Crippen molar-refractivity contribution in [2.45, 2.75) is 31.8 Å². The molecule has 0 aliphatic carbocycles. The monoisotopic (exact) mass is 262 g/mol. The maximum atomic E-state index is 5.75. The number of rotatable bonds is 6. The van der Waals surface area contributed by atoms with E-state index in [-0.39, 0.29) is 0 Å². The van der Waals surface area contributed by atoms with Crippen LogP contribution in [-0.4, -0.2) is 36.7 Å². The molecule has 0 aliphatic heterocycles. The van der Waals surface area contributed by atoms with Crippen LogP contribution >= 0.6 is 22.9 Å². The largest absolute Gasteiger partial charge is 0.383 e. The highest BCUT2D eigenvalue weighted by Crippen LogP contribution is 2.24. The second-order valence-electron chi connectivity index (χ2n) is 3.96. The Kier molecular flexibility index (Phi) is 5.69. The van der Waals surface area contributed by atoms with Crippen LogP contribution in [0.15, 0.2) is 5.38 Å². The van der Waals surface area contributed by atoms with Gasteiger partial charge < -0.3 is 4.74 Å². The van der Waals surface area contributed by atoms with Crippen LogP contribution in [-0.2, 0) is 10.6 Å². The predicted octanol–water partition coefficient (Wildman–Crippen LogP) is 2.91. The Morgan fingerprint density at radius 2 is 2.25 bits per heavy atom. The molecule has 0 amide bonds. The summed E-state index contributed by atoms with van der Waals surface area (Å²) >= 11 is 7.42. The van der Waals surface area contributed by atoms with Crippen molar-refractivity contribution in [3.63, 3.8) is 0 Å². The van der Waals surface area contributed by atoms with Crippen LogP contribution in [0, 0.1) is 0 Å². The first-order valence-corrected chi connectivity index (χ1v) is 6.72. The van der Waals surface area contributed by atoms with Crippen molar-refractivity contribution in [2.75, 3.05) is 20.8 Å². The number of halogens is 1. The van der Waals surface area contributed by atoms with Crippen LogP contribution in [0.2, 0.25) is 0 Å². The molecule has 1 aromatic rings. The van der Waals surface area contributed by atoms with Crippen LogP contribution in [0.25, 0.3) is 0 Å². The minimum Gasteiger partial charge on any atom is -0.383 e. The molecule has 3 nitrogen and oxygen atoms in total. The van der Waals surface area contributed by atoms with E-state index in [0.29, 0.717) is 18.0 Å². The van der Waals surface area contributed by atoms with Crippen LogP contribution in [0.4, 0.5) is 0 Å². The van der Waals surface area contributed by atoms with Gasteiger partial charge in [0.05, 0.1) is 24.2 Å². The van der Waals surface area contributed by atoms with Gasteiger partial charge in [-0.25, -0.2) is 4.98 Å². The molecule has 0 saturated carbocycles. The third kappa shape index (κ3) is 3.42. The fourth-order valence-corrected chi connectivity index (χ4v) is 2.64. The van der Waals surface area contributed by atoms with Crippen molar-refractivity contribution < 1.29 is 4.74 Å². The first-order chi connectivity index (χ1) is 7.60. The summed E-state index contributed by atoms with van der Waals surface area (Å²) in [5, 5.41) is 3.13. The van der Waals surface area contributed by atoms with E-state index in [1.54, 1.807) is 18.4 Å². The molecular weight excluding hydrogens is 244 g/mol. The standard InChI is InChI=1S/C11H19ClN2OS/c1-8(6-15-4)14(3)9(2)11-13-10(5-12)7-16-11/h7-9H,5-6H2,1-4H3. The summed E-state index contributed by atoms with van der Waals surface area (Å²) in [6, 6.07) is 0.676. The average molecular weight is 263 g/mol. The van der Waals surface area contributed by atoms with Crippen molar-refractivity contribution in [3.8, 4) is 0 Å². The van der Waals surface area contributed by atoms with Gasteiger partial charge in [0.15, 0.2) is 0 Å².